The summed E-state index contributed by atoms with van der Waals surface area (Å²) in [6.07, 6.45) is 0.526. The number of methoxy groups -OCH3 is 1. The zero-order chi connectivity index (χ0) is 15.1. The first-order chi connectivity index (χ1) is 9.51. The molecule has 5 nitrogen and oxygen atoms in total. The number of halogens is 1. The van der Waals surface area contributed by atoms with Gasteiger partial charge in [-0.1, -0.05) is 37.3 Å². The molecule has 0 aromatic heterocycles. The van der Waals surface area contributed by atoms with E-state index in [-0.39, 0.29) is 18.3 Å². The topological polar surface area (TPSA) is 72.6 Å². The lowest BCUT2D eigenvalue weighted by atomic mass is 10.1. The van der Waals surface area contributed by atoms with Crippen molar-refractivity contribution in [1.82, 2.24) is 4.90 Å². The van der Waals surface area contributed by atoms with Crippen LogP contribution in [0.3, 0.4) is 0 Å². The predicted octanol–water partition coefficient (Wildman–Crippen LogP) is 1.74. The first-order valence-electron chi connectivity index (χ1n) is 6.69. The van der Waals surface area contributed by atoms with Crippen LogP contribution in [0.4, 0.5) is 0 Å². The molecule has 0 radical (unpaired) electrons. The maximum atomic E-state index is 12.3. The average Bonchev–Trinajstić information content (AvgIpc) is 2.50. The van der Waals surface area contributed by atoms with E-state index in [1.54, 1.807) is 6.92 Å². The lowest BCUT2D eigenvalue weighted by Crippen LogP contribution is -2.50. The molecule has 118 valence electrons. The maximum Gasteiger partial charge on any atom is 0.328 e. The number of hydrogen-bond donors (Lipinski definition) is 1. The Morgan fingerprint density at radius 1 is 1.29 bits per heavy atom. The highest BCUT2D eigenvalue weighted by Crippen LogP contribution is 2.12. The van der Waals surface area contributed by atoms with Gasteiger partial charge in [0, 0.05) is 6.54 Å². The number of carbonyl (C=O) groups is 2. The molecule has 21 heavy (non-hydrogen) atoms. The maximum absolute atomic E-state index is 12.3. The molecule has 0 aliphatic heterocycles. The van der Waals surface area contributed by atoms with E-state index in [0.717, 1.165) is 5.56 Å². The Bertz CT molecular complexity index is 453. The quantitative estimate of drug-likeness (QED) is 0.812. The fourth-order valence-corrected chi connectivity index (χ4v) is 1.87. The van der Waals surface area contributed by atoms with Gasteiger partial charge in [0.15, 0.2) is 0 Å². The molecule has 0 aliphatic carbocycles. The molecule has 0 saturated heterocycles. The minimum Gasteiger partial charge on any atom is -0.467 e. The number of amides is 1. The van der Waals surface area contributed by atoms with E-state index < -0.39 is 18.1 Å². The first kappa shape index (κ1) is 19.4. The Morgan fingerprint density at radius 2 is 1.86 bits per heavy atom. The highest BCUT2D eigenvalue weighted by atomic mass is 35.5. The van der Waals surface area contributed by atoms with E-state index >= 15 is 0 Å². The zero-order valence-corrected chi connectivity index (χ0v) is 13.4. The number of hydrogen-bond acceptors (Lipinski definition) is 4. The molecule has 0 bridgehead atoms. The fraction of sp³-hybridized carbons (Fsp3) is 0.467. The summed E-state index contributed by atoms with van der Waals surface area (Å²) in [6.45, 7) is 3.82. The van der Waals surface area contributed by atoms with Gasteiger partial charge in [0.1, 0.15) is 6.04 Å². The van der Waals surface area contributed by atoms with Crippen LogP contribution in [0.15, 0.2) is 30.3 Å². The van der Waals surface area contributed by atoms with Gasteiger partial charge in [-0.05, 0) is 18.9 Å². The van der Waals surface area contributed by atoms with Crippen LogP contribution >= 0.6 is 12.4 Å². The van der Waals surface area contributed by atoms with Crippen molar-refractivity contribution in [2.24, 2.45) is 5.73 Å². The second kappa shape index (κ2) is 9.37. The number of carbonyl (C=O) groups excluding carboxylic acids is 2. The van der Waals surface area contributed by atoms with Crippen LogP contribution in [-0.4, -0.2) is 36.0 Å². The van der Waals surface area contributed by atoms with Gasteiger partial charge in [0.2, 0.25) is 5.91 Å². The molecule has 2 unspecified atom stereocenters. The molecule has 1 rings (SSSR count). The normalized spacial score (nSPS) is 12.8. The van der Waals surface area contributed by atoms with Gasteiger partial charge in [0.05, 0.1) is 13.2 Å². The second-order valence-corrected chi connectivity index (χ2v) is 4.67. The van der Waals surface area contributed by atoms with E-state index in [9.17, 15) is 9.59 Å². The predicted molar refractivity (Wildman–Crippen MR) is 84.0 cm³/mol. The lowest BCUT2D eigenvalue weighted by Gasteiger charge is -2.29. The van der Waals surface area contributed by atoms with E-state index in [0.29, 0.717) is 13.0 Å². The van der Waals surface area contributed by atoms with Crippen LogP contribution in [0.5, 0.6) is 0 Å². The molecule has 0 heterocycles. The summed E-state index contributed by atoms with van der Waals surface area (Å²) in [5.41, 5.74) is 6.75. The summed E-state index contributed by atoms with van der Waals surface area (Å²) >= 11 is 0. The summed E-state index contributed by atoms with van der Waals surface area (Å²) in [7, 11) is 1.31. The van der Waals surface area contributed by atoms with Crippen molar-refractivity contribution >= 4 is 24.3 Å². The molecule has 6 heteroatoms. The van der Waals surface area contributed by atoms with Crippen molar-refractivity contribution in [3.63, 3.8) is 0 Å². The molecule has 2 atom stereocenters. The monoisotopic (exact) mass is 314 g/mol. The number of benzene rings is 1. The number of esters is 1. The third kappa shape index (κ3) is 5.36. The average molecular weight is 315 g/mol. The Labute approximate surface area is 131 Å². The van der Waals surface area contributed by atoms with E-state index in [2.05, 4.69) is 0 Å². The zero-order valence-electron chi connectivity index (χ0n) is 12.6. The SMILES string of the molecule is CCC(N)C(=O)N(Cc1ccccc1)C(C)C(=O)OC.Cl. The molecule has 0 saturated carbocycles. The van der Waals surface area contributed by atoms with Gasteiger partial charge < -0.3 is 15.4 Å². The summed E-state index contributed by atoms with van der Waals surface area (Å²) in [4.78, 5) is 25.5. The summed E-state index contributed by atoms with van der Waals surface area (Å²) < 4.78 is 4.72. The number of nitrogens with zero attached hydrogens (tertiary/aromatic N) is 1. The van der Waals surface area contributed by atoms with Crippen LogP contribution in [-0.2, 0) is 20.9 Å². The van der Waals surface area contributed by atoms with Crippen molar-refractivity contribution in [3.8, 4) is 0 Å². The Balaban J connectivity index is 0.00000400. The second-order valence-electron chi connectivity index (χ2n) is 4.67. The molecule has 0 aliphatic rings. The standard InChI is InChI=1S/C15H22N2O3.ClH/c1-4-13(16)14(18)17(11(2)15(19)20-3)10-12-8-6-5-7-9-12;/h5-9,11,13H,4,10,16H2,1-3H3;1H. The van der Waals surface area contributed by atoms with Gasteiger partial charge in [0.25, 0.3) is 0 Å². The van der Waals surface area contributed by atoms with E-state index in [1.807, 2.05) is 37.3 Å². The smallest absolute Gasteiger partial charge is 0.328 e. The highest BCUT2D eigenvalue weighted by molar-refractivity contribution is 5.87. The molecule has 1 aromatic rings. The minimum atomic E-state index is -0.662. The molecule has 1 amide bonds. The third-order valence-corrected chi connectivity index (χ3v) is 3.25. The molecule has 0 spiro atoms. The number of rotatable bonds is 6. The molecular formula is C15H23ClN2O3. The van der Waals surface area contributed by atoms with Gasteiger partial charge in [-0.2, -0.15) is 0 Å². The Kier molecular flexibility index (Phi) is 8.66. The van der Waals surface area contributed by atoms with Crippen molar-refractivity contribution in [3.05, 3.63) is 35.9 Å². The van der Waals surface area contributed by atoms with Gasteiger partial charge >= 0.3 is 5.97 Å². The van der Waals surface area contributed by atoms with Crippen molar-refractivity contribution in [1.29, 1.82) is 0 Å². The summed E-state index contributed by atoms with van der Waals surface area (Å²) in [5.74, 6) is -0.688. The van der Waals surface area contributed by atoms with Gasteiger partial charge in [-0.3, -0.25) is 4.79 Å². The van der Waals surface area contributed by atoms with Crippen molar-refractivity contribution in [2.75, 3.05) is 7.11 Å². The minimum absolute atomic E-state index is 0. The fourth-order valence-electron chi connectivity index (χ4n) is 1.87. The van der Waals surface area contributed by atoms with Crippen LogP contribution in [0.25, 0.3) is 0 Å². The third-order valence-electron chi connectivity index (χ3n) is 3.25. The van der Waals surface area contributed by atoms with Gasteiger partial charge in [-0.15, -0.1) is 12.4 Å². The molecule has 0 fully saturated rings. The molecule has 2 N–H and O–H groups in total. The lowest BCUT2D eigenvalue weighted by molar-refractivity contribution is -0.153. The van der Waals surface area contributed by atoms with Crippen LogP contribution in [0, 0.1) is 0 Å². The van der Waals surface area contributed by atoms with Gasteiger partial charge in [-0.25, -0.2) is 4.79 Å². The van der Waals surface area contributed by atoms with Crippen LogP contribution in [0.2, 0.25) is 0 Å². The Morgan fingerprint density at radius 3 is 2.33 bits per heavy atom. The summed E-state index contributed by atoms with van der Waals surface area (Å²) in [5, 5.41) is 0. The van der Waals surface area contributed by atoms with Crippen LogP contribution in [0.1, 0.15) is 25.8 Å². The largest absolute Gasteiger partial charge is 0.467 e. The number of ether oxygens (including phenoxy) is 1. The highest BCUT2D eigenvalue weighted by Gasteiger charge is 2.29. The van der Waals surface area contributed by atoms with E-state index in [1.165, 1.54) is 12.0 Å². The van der Waals surface area contributed by atoms with Crippen molar-refractivity contribution < 1.29 is 14.3 Å². The van der Waals surface area contributed by atoms with E-state index in [4.69, 9.17) is 10.5 Å². The van der Waals surface area contributed by atoms with Crippen molar-refractivity contribution in [2.45, 2.75) is 38.9 Å². The van der Waals surface area contributed by atoms with Crippen LogP contribution < -0.4 is 5.73 Å². The Hall–Kier alpha value is -1.59. The summed E-state index contributed by atoms with van der Waals surface area (Å²) in [6, 6.07) is 8.22. The molecule has 1 aromatic carbocycles. The molecular weight excluding hydrogens is 292 g/mol. The number of nitrogens with two attached hydrogens (primary N) is 1. The first-order valence-corrected chi connectivity index (χ1v) is 6.69.